The first-order valence-corrected chi connectivity index (χ1v) is 10.4. The molecule has 7 heteroatoms. The third kappa shape index (κ3) is 3.93. The van der Waals surface area contributed by atoms with Gasteiger partial charge in [0.05, 0.1) is 24.4 Å². The number of aromatic nitrogens is 2. The molecule has 3 aromatic rings. The van der Waals surface area contributed by atoms with E-state index in [1.807, 2.05) is 41.4 Å². The molecule has 2 atom stereocenters. The van der Waals surface area contributed by atoms with Gasteiger partial charge in [-0.2, -0.15) is 0 Å². The predicted octanol–water partition coefficient (Wildman–Crippen LogP) is 3.72. The highest BCUT2D eigenvalue weighted by Gasteiger charge is 2.42. The highest BCUT2D eigenvalue weighted by atomic mass is 32.1. The summed E-state index contributed by atoms with van der Waals surface area (Å²) >= 11 is 5.62. The Balaban J connectivity index is 1.79. The number of hydrogen-bond acceptors (Lipinski definition) is 4. The van der Waals surface area contributed by atoms with Crippen molar-refractivity contribution in [3.05, 3.63) is 83.9 Å². The Morgan fingerprint density at radius 2 is 2.07 bits per heavy atom. The van der Waals surface area contributed by atoms with Crippen LogP contribution in [0.25, 0.3) is 5.69 Å². The van der Waals surface area contributed by atoms with Gasteiger partial charge in [-0.1, -0.05) is 18.2 Å². The maximum absolute atomic E-state index is 12.3. The molecule has 2 aromatic heterocycles. The van der Waals surface area contributed by atoms with E-state index in [9.17, 15) is 4.79 Å². The van der Waals surface area contributed by atoms with Crippen LogP contribution in [0, 0.1) is 6.92 Å². The number of carbonyl (C=O) groups excluding carboxylic acids is 1. The Morgan fingerprint density at radius 3 is 2.80 bits per heavy atom. The summed E-state index contributed by atoms with van der Waals surface area (Å²) in [7, 11) is 0. The average Bonchev–Trinajstić information content (AvgIpc) is 3.34. The van der Waals surface area contributed by atoms with Crippen molar-refractivity contribution in [2.24, 2.45) is 0 Å². The standard InChI is InChI=1S/C23H24N4O2S/c1-3-29-20(28)15-27-22(21(25-23(27)30)18-10-4-5-12-24-18)19-11-7-13-26(19)17-9-6-8-16(2)14-17/h4-14,21-22H,3,15H2,1-2H3,(H,25,30)/t21-,22-/m0/s1. The molecular formula is C23H24N4O2S. The summed E-state index contributed by atoms with van der Waals surface area (Å²) in [5.41, 5.74) is 4.13. The van der Waals surface area contributed by atoms with E-state index >= 15 is 0 Å². The molecule has 1 N–H and O–H groups in total. The Bertz CT molecular complexity index is 1050. The van der Waals surface area contributed by atoms with Crippen molar-refractivity contribution in [3.8, 4) is 5.69 Å². The summed E-state index contributed by atoms with van der Waals surface area (Å²) in [6, 6.07) is 17.8. The van der Waals surface area contributed by atoms with Gasteiger partial charge in [0.15, 0.2) is 5.11 Å². The van der Waals surface area contributed by atoms with Gasteiger partial charge < -0.3 is 19.5 Å². The first-order valence-electron chi connectivity index (χ1n) is 9.96. The Labute approximate surface area is 181 Å². The van der Waals surface area contributed by atoms with Crippen molar-refractivity contribution in [3.63, 3.8) is 0 Å². The number of thiocarbonyl (C=S) groups is 1. The number of pyridine rings is 1. The van der Waals surface area contributed by atoms with E-state index in [-0.39, 0.29) is 24.6 Å². The molecule has 1 aromatic carbocycles. The third-order valence-electron chi connectivity index (χ3n) is 5.17. The highest BCUT2D eigenvalue weighted by Crippen LogP contribution is 2.39. The first kappa shape index (κ1) is 20.1. The number of esters is 1. The minimum atomic E-state index is -0.304. The van der Waals surface area contributed by atoms with E-state index in [0.717, 1.165) is 17.1 Å². The first-order chi connectivity index (χ1) is 14.6. The van der Waals surface area contributed by atoms with Gasteiger partial charge in [-0.25, -0.2) is 0 Å². The van der Waals surface area contributed by atoms with Crippen LogP contribution in [0.1, 0.15) is 36.0 Å². The summed E-state index contributed by atoms with van der Waals surface area (Å²) in [4.78, 5) is 18.8. The van der Waals surface area contributed by atoms with Gasteiger partial charge in [-0.15, -0.1) is 0 Å². The third-order valence-corrected chi connectivity index (χ3v) is 5.52. The maximum Gasteiger partial charge on any atom is 0.325 e. The number of rotatable bonds is 6. The van der Waals surface area contributed by atoms with Crippen LogP contribution in [0.3, 0.4) is 0 Å². The van der Waals surface area contributed by atoms with Crippen molar-refractivity contribution in [1.82, 2.24) is 19.8 Å². The van der Waals surface area contributed by atoms with Crippen LogP contribution in [0.2, 0.25) is 0 Å². The van der Waals surface area contributed by atoms with E-state index in [0.29, 0.717) is 11.7 Å². The monoisotopic (exact) mass is 420 g/mol. The molecule has 1 aliphatic heterocycles. The smallest absolute Gasteiger partial charge is 0.325 e. The van der Waals surface area contributed by atoms with Gasteiger partial charge in [0.1, 0.15) is 6.54 Å². The molecule has 30 heavy (non-hydrogen) atoms. The fourth-order valence-electron chi connectivity index (χ4n) is 3.89. The van der Waals surface area contributed by atoms with Gasteiger partial charge in [0.2, 0.25) is 0 Å². The second-order valence-electron chi connectivity index (χ2n) is 7.20. The molecule has 1 aliphatic rings. The minimum absolute atomic E-state index is 0.0761. The quantitative estimate of drug-likeness (QED) is 0.485. The number of nitrogens with one attached hydrogen (secondary N) is 1. The lowest BCUT2D eigenvalue weighted by molar-refractivity contribution is -0.143. The lowest BCUT2D eigenvalue weighted by Gasteiger charge is -2.28. The van der Waals surface area contributed by atoms with E-state index in [2.05, 4.69) is 46.1 Å². The number of carbonyl (C=O) groups is 1. The molecule has 0 bridgehead atoms. The zero-order valence-corrected chi connectivity index (χ0v) is 17.8. The summed E-state index contributed by atoms with van der Waals surface area (Å²) in [5.74, 6) is -0.304. The van der Waals surface area contributed by atoms with Crippen LogP contribution in [0.4, 0.5) is 0 Å². The van der Waals surface area contributed by atoms with Crippen LogP contribution < -0.4 is 5.32 Å². The van der Waals surface area contributed by atoms with Crippen molar-refractivity contribution >= 4 is 23.3 Å². The molecule has 0 radical (unpaired) electrons. The average molecular weight is 421 g/mol. The number of nitrogens with zero attached hydrogens (tertiary/aromatic N) is 3. The summed E-state index contributed by atoms with van der Waals surface area (Å²) in [6.45, 7) is 4.28. The molecule has 6 nitrogen and oxygen atoms in total. The van der Waals surface area contributed by atoms with Gasteiger partial charge in [0, 0.05) is 23.8 Å². The number of benzene rings is 1. The van der Waals surface area contributed by atoms with E-state index < -0.39 is 0 Å². The van der Waals surface area contributed by atoms with E-state index in [4.69, 9.17) is 17.0 Å². The molecular weight excluding hydrogens is 396 g/mol. The molecule has 1 saturated heterocycles. The molecule has 0 spiro atoms. The number of ether oxygens (including phenoxy) is 1. The van der Waals surface area contributed by atoms with E-state index in [1.165, 1.54) is 5.56 Å². The molecule has 154 valence electrons. The Morgan fingerprint density at radius 1 is 1.20 bits per heavy atom. The largest absolute Gasteiger partial charge is 0.465 e. The maximum atomic E-state index is 12.3. The van der Waals surface area contributed by atoms with Crippen LogP contribution in [-0.2, 0) is 9.53 Å². The summed E-state index contributed by atoms with van der Waals surface area (Å²) in [5, 5.41) is 3.88. The SMILES string of the molecule is CCOC(=O)CN1C(=S)N[C@@H](c2ccccn2)[C@@H]1c1cccn1-c1cccc(C)c1. The topological polar surface area (TPSA) is 59.4 Å². The van der Waals surface area contributed by atoms with Crippen LogP contribution in [0.15, 0.2) is 67.0 Å². The Hall–Kier alpha value is -3.19. The van der Waals surface area contributed by atoms with Gasteiger partial charge >= 0.3 is 5.97 Å². The minimum Gasteiger partial charge on any atom is -0.465 e. The zero-order chi connectivity index (χ0) is 21.1. The fourth-order valence-corrected chi connectivity index (χ4v) is 4.20. The molecule has 0 amide bonds. The molecule has 0 saturated carbocycles. The molecule has 3 heterocycles. The van der Waals surface area contributed by atoms with Crippen molar-refractivity contribution < 1.29 is 9.53 Å². The van der Waals surface area contributed by atoms with Crippen molar-refractivity contribution in [2.45, 2.75) is 25.9 Å². The predicted molar refractivity (Wildman–Crippen MR) is 119 cm³/mol. The molecule has 0 unspecified atom stereocenters. The van der Waals surface area contributed by atoms with Gasteiger partial charge in [0.25, 0.3) is 0 Å². The van der Waals surface area contributed by atoms with Crippen molar-refractivity contribution in [2.75, 3.05) is 13.2 Å². The summed E-state index contributed by atoms with van der Waals surface area (Å²) < 4.78 is 7.34. The highest BCUT2D eigenvalue weighted by molar-refractivity contribution is 7.80. The zero-order valence-electron chi connectivity index (χ0n) is 17.0. The normalized spacial score (nSPS) is 18.3. The lowest BCUT2D eigenvalue weighted by Crippen LogP contribution is -2.36. The van der Waals surface area contributed by atoms with Crippen LogP contribution in [-0.4, -0.2) is 38.7 Å². The van der Waals surface area contributed by atoms with Gasteiger partial charge in [-0.05, 0) is 68.0 Å². The van der Waals surface area contributed by atoms with Gasteiger partial charge in [-0.3, -0.25) is 9.78 Å². The van der Waals surface area contributed by atoms with Crippen LogP contribution in [0.5, 0.6) is 0 Å². The molecule has 4 rings (SSSR count). The summed E-state index contributed by atoms with van der Waals surface area (Å²) in [6.07, 6.45) is 3.80. The Kier molecular flexibility index (Phi) is 5.81. The second kappa shape index (κ2) is 8.67. The molecule has 1 fully saturated rings. The lowest BCUT2D eigenvalue weighted by atomic mass is 10.0. The van der Waals surface area contributed by atoms with Crippen LogP contribution >= 0.6 is 12.2 Å². The second-order valence-corrected chi connectivity index (χ2v) is 7.59. The number of hydrogen-bond donors (Lipinski definition) is 1. The van der Waals surface area contributed by atoms with Crippen molar-refractivity contribution in [1.29, 1.82) is 0 Å². The fraction of sp³-hybridized carbons (Fsp3) is 0.261. The number of aryl methyl sites for hydroxylation is 1. The molecule has 0 aliphatic carbocycles. The van der Waals surface area contributed by atoms with E-state index in [1.54, 1.807) is 13.1 Å².